The molecule has 270 valence electrons. The molecule has 0 aromatic heterocycles. The minimum absolute atomic E-state index is 0.108. The highest BCUT2D eigenvalue weighted by molar-refractivity contribution is 7.92. The lowest BCUT2D eigenvalue weighted by Gasteiger charge is -2.39. The zero-order valence-corrected chi connectivity index (χ0v) is 27.1. The number of ether oxygens (including phenoxy) is 2. The number of carbonyl (C=O) groups is 2. The molecule has 0 radical (unpaired) electrons. The first-order valence-electron chi connectivity index (χ1n) is 15.9. The maximum atomic E-state index is 14.5. The summed E-state index contributed by atoms with van der Waals surface area (Å²) < 4.78 is 138. The first-order chi connectivity index (χ1) is 22.9. The summed E-state index contributed by atoms with van der Waals surface area (Å²) >= 11 is 0. The van der Waals surface area contributed by atoms with Crippen LogP contribution >= 0.6 is 0 Å². The predicted molar refractivity (Wildman–Crippen MR) is 159 cm³/mol. The Morgan fingerprint density at radius 2 is 1.41 bits per heavy atom. The molecule has 2 aliphatic heterocycles. The van der Waals surface area contributed by atoms with E-state index < -0.39 is 86.7 Å². The zero-order valence-electron chi connectivity index (χ0n) is 26.2. The first-order valence-corrected chi connectivity index (χ1v) is 17.4. The SMILES string of the molecule is O=C(O)C1CCC(C(=O)N2CC[C@](c3ccc(C(OCC4CCOCC4)(C(F)(F)F)C(F)(F)F)cc3)(S(=O)(=O)c3ccc(F)cc3)C2)CC1. The van der Waals surface area contributed by atoms with Crippen molar-refractivity contribution < 1.29 is 63.3 Å². The van der Waals surface area contributed by atoms with Crippen LogP contribution in [0.3, 0.4) is 0 Å². The van der Waals surface area contributed by atoms with Crippen LogP contribution in [0.5, 0.6) is 0 Å². The van der Waals surface area contributed by atoms with Crippen LogP contribution < -0.4 is 0 Å². The minimum Gasteiger partial charge on any atom is -0.481 e. The summed E-state index contributed by atoms with van der Waals surface area (Å²) in [4.78, 5) is 25.9. The molecule has 2 heterocycles. The van der Waals surface area contributed by atoms with E-state index in [1.54, 1.807) is 0 Å². The Bertz CT molecular complexity index is 1590. The van der Waals surface area contributed by atoms with Crippen LogP contribution in [0, 0.1) is 23.6 Å². The van der Waals surface area contributed by atoms with Gasteiger partial charge in [0.1, 0.15) is 10.6 Å². The number of rotatable bonds is 9. The van der Waals surface area contributed by atoms with Gasteiger partial charge in [0.2, 0.25) is 5.91 Å². The Labute approximate surface area is 278 Å². The normalized spacial score (nSPS) is 24.6. The number of hydrogen-bond donors (Lipinski definition) is 1. The summed E-state index contributed by atoms with van der Waals surface area (Å²) in [6, 6.07) is 6.68. The van der Waals surface area contributed by atoms with Crippen molar-refractivity contribution in [2.75, 3.05) is 32.9 Å². The quantitative estimate of drug-likeness (QED) is 0.236. The molecule has 5 rings (SSSR count). The summed E-state index contributed by atoms with van der Waals surface area (Å²) in [6.07, 6.45) is -10.7. The number of aliphatic carboxylic acids is 1. The number of benzene rings is 2. The molecule has 0 spiro atoms. The van der Waals surface area contributed by atoms with Gasteiger partial charge in [-0.25, -0.2) is 12.8 Å². The fraction of sp³-hybridized carbons (Fsp3) is 0.576. The number of amides is 1. The zero-order chi connectivity index (χ0) is 35.8. The summed E-state index contributed by atoms with van der Waals surface area (Å²) in [5, 5.41) is 9.31. The van der Waals surface area contributed by atoms with E-state index in [0.29, 0.717) is 12.1 Å². The van der Waals surface area contributed by atoms with Gasteiger partial charge in [-0.05, 0) is 80.7 Å². The van der Waals surface area contributed by atoms with Crippen LogP contribution in [0.15, 0.2) is 53.4 Å². The van der Waals surface area contributed by atoms with Gasteiger partial charge in [-0.2, -0.15) is 26.3 Å². The maximum absolute atomic E-state index is 14.5. The summed E-state index contributed by atoms with van der Waals surface area (Å²) in [5.74, 6) is -3.95. The topological polar surface area (TPSA) is 110 Å². The van der Waals surface area contributed by atoms with Gasteiger partial charge in [-0.3, -0.25) is 9.59 Å². The third-order valence-corrected chi connectivity index (χ3v) is 12.6. The van der Waals surface area contributed by atoms with Crippen molar-refractivity contribution in [1.29, 1.82) is 0 Å². The Morgan fingerprint density at radius 3 is 1.94 bits per heavy atom. The molecule has 49 heavy (non-hydrogen) atoms. The molecule has 3 fully saturated rings. The summed E-state index contributed by atoms with van der Waals surface area (Å²) in [6.45, 7) is -1.10. The molecule has 1 atom stereocenters. The lowest BCUT2D eigenvalue weighted by Crippen LogP contribution is -2.56. The molecule has 0 bridgehead atoms. The van der Waals surface area contributed by atoms with Gasteiger partial charge in [-0.1, -0.05) is 24.3 Å². The van der Waals surface area contributed by atoms with E-state index in [-0.39, 0.29) is 75.2 Å². The lowest BCUT2D eigenvalue weighted by atomic mass is 9.81. The number of carboxylic acid groups (broad SMARTS) is 1. The molecule has 16 heteroatoms. The van der Waals surface area contributed by atoms with Gasteiger partial charge in [0.25, 0.3) is 5.60 Å². The molecule has 2 aromatic carbocycles. The van der Waals surface area contributed by atoms with Crippen LogP contribution in [-0.4, -0.2) is 75.6 Å². The molecule has 1 amide bonds. The van der Waals surface area contributed by atoms with Crippen molar-refractivity contribution in [3.63, 3.8) is 0 Å². The molecule has 1 saturated carbocycles. The molecule has 8 nitrogen and oxygen atoms in total. The standard InChI is InChI=1S/C33H36F7NO7S/c34-26-9-11-27(12-10-26)49(45,46)30(15-16-41(20-30)28(42)22-1-3-23(4-2-22)29(43)44)24-5-7-25(8-6-24)31(32(35,36)37,33(38,39)40)48-19-21-13-17-47-18-14-21/h5-12,21-23H,1-4,13-20H2,(H,43,44)/t22?,23?,30-/m0/s1. The van der Waals surface area contributed by atoms with E-state index in [1.807, 2.05) is 0 Å². The Hall–Kier alpha value is -3.24. The average molecular weight is 724 g/mol. The van der Waals surface area contributed by atoms with Gasteiger partial charge >= 0.3 is 18.3 Å². The predicted octanol–water partition coefficient (Wildman–Crippen LogP) is 6.38. The van der Waals surface area contributed by atoms with E-state index in [0.717, 1.165) is 36.4 Å². The van der Waals surface area contributed by atoms with E-state index in [1.165, 1.54) is 4.90 Å². The van der Waals surface area contributed by atoms with E-state index in [2.05, 4.69) is 0 Å². The van der Waals surface area contributed by atoms with Crippen LogP contribution in [0.1, 0.15) is 56.1 Å². The number of nitrogens with zero attached hydrogens (tertiary/aromatic N) is 1. The summed E-state index contributed by atoms with van der Waals surface area (Å²) in [5.41, 5.74) is -6.17. The molecule has 0 unspecified atom stereocenters. The van der Waals surface area contributed by atoms with E-state index >= 15 is 0 Å². The van der Waals surface area contributed by atoms with Crippen molar-refractivity contribution in [2.45, 2.75) is 72.5 Å². The fourth-order valence-corrected chi connectivity index (χ4v) is 9.24. The van der Waals surface area contributed by atoms with Crippen molar-refractivity contribution in [3.05, 3.63) is 65.5 Å². The third kappa shape index (κ3) is 6.92. The number of likely N-dealkylation sites (tertiary alicyclic amines) is 1. The molecule has 3 aliphatic rings. The second kappa shape index (κ2) is 13.8. The molecular formula is C33H36F7NO7S. The van der Waals surface area contributed by atoms with Gasteiger partial charge in [-0.15, -0.1) is 0 Å². The van der Waals surface area contributed by atoms with Crippen molar-refractivity contribution >= 4 is 21.7 Å². The first kappa shape index (κ1) is 37.0. The minimum atomic E-state index is -5.95. The Kier molecular flexibility index (Phi) is 10.4. The number of hydrogen-bond acceptors (Lipinski definition) is 6. The number of sulfone groups is 1. The molecule has 2 aromatic rings. The Balaban J connectivity index is 1.53. The molecular weight excluding hydrogens is 687 g/mol. The van der Waals surface area contributed by atoms with Crippen molar-refractivity contribution in [3.8, 4) is 0 Å². The van der Waals surface area contributed by atoms with Gasteiger partial charge in [0.15, 0.2) is 9.84 Å². The van der Waals surface area contributed by atoms with Crippen LogP contribution in [0.2, 0.25) is 0 Å². The van der Waals surface area contributed by atoms with Gasteiger partial charge in [0, 0.05) is 37.8 Å². The van der Waals surface area contributed by atoms with Gasteiger partial charge < -0.3 is 19.5 Å². The van der Waals surface area contributed by atoms with Crippen LogP contribution in [-0.2, 0) is 39.2 Å². The maximum Gasteiger partial charge on any atom is 0.430 e. The summed E-state index contributed by atoms with van der Waals surface area (Å²) in [7, 11) is -4.54. The Morgan fingerprint density at radius 1 is 0.857 bits per heavy atom. The largest absolute Gasteiger partial charge is 0.481 e. The highest BCUT2D eigenvalue weighted by atomic mass is 32.2. The second-order valence-electron chi connectivity index (χ2n) is 13.0. The van der Waals surface area contributed by atoms with Gasteiger partial charge in [0.05, 0.1) is 17.4 Å². The van der Waals surface area contributed by atoms with Crippen LogP contribution in [0.4, 0.5) is 30.7 Å². The second-order valence-corrected chi connectivity index (χ2v) is 15.2. The smallest absolute Gasteiger partial charge is 0.430 e. The highest BCUT2D eigenvalue weighted by Crippen LogP contribution is 2.54. The van der Waals surface area contributed by atoms with Crippen molar-refractivity contribution in [1.82, 2.24) is 4.90 Å². The van der Waals surface area contributed by atoms with E-state index in [9.17, 15) is 53.8 Å². The number of carbonyl (C=O) groups excluding carboxylic acids is 1. The fourth-order valence-electron chi connectivity index (χ4n) is 7.16. The number of carboxylic acids is 1. The molecule has 1 aliphatic carbocycles. The average Bonchev–Trinajstić information content (AvgIpc) is 3.52. The molecule has 2 saturated heterocycles. The monoisotopic (exact) mass is 723 g/mol. The highest BCUT2D eigenvalue weighted by Gasteiger charge is 2.73. The molecule has 1 N–H and O–H groups in total. The lowest BCUT2D eigenvalue weighted by molar-refractivity contribution is -0.391. The van der Waals surface area contributed by atoms with E-state index in [4.69, 9.17) is 9.47 Å². The van der Waals surface area contributed by atoms with Crippen LogP contribution in [0.25, 0.3) is 0 Å². The number of halogens is 7. The van der Waals surface area contributed by atoms with Crippen molar-refractivity contribution in [2.24, 2.45) is 17.8 Å². The third-order valence-electron chi connectivity index (χ3n) is 10.1. The number of alkyl halides is 6.